The van der Waals surface area contributed by atoms with Crippen molar-refractivity contribution in [3.8, 4) is 5.75 Å². The SMILES string of the molecule is CC1(F)CC(CN[C@H]2CCCC[C@H]2Oc2ccc3c(c2)CN(C2CCC(=O)NC2=O)C3=O)C1. The molecule has 2 aliphatic carbocycles. The van der Waals surface area contributed by atoms with Crippen LogP contribution < -0.4 is 15.4 Å². The van der Waals surface area contributed by atoms with E-state index in [1.165, 1.54) is 0 Å². The Bertz CT molecular complexity index is 957. The monoisotopic (exact) mass is 457 g/mol. The summed E-state index contributed by atoms with van der Waals surface area (Å²) < 4.78 is 20.2. The molecule has 2 saturated carbocycles. The molecule has 0 radical (unpaired) electrons. The number of rotatable bonds is 6. The van der Waals surface area contributed by atoms with Crippen LogP contribution in [-0.4, -0.2) is 53.0 Å². The average Bonchev–Trinajstić information content (AvgIpc) is 3.07. The Labute approximate surface area is 193 Å². The molecule has 3 fully saturated rings. The van der Waals surface area contributed by atoms with Crippen molar-refractivity contribution in [3.63, 3.8) is 0 Å². The number of alkyl halides is 1. The summed E-state index contributed by atoms with van der Waals surface area (Å²) in [6, 6.07) is 5.14. The lowest BCUT2D eigenvalue weighted by Crippen LogP contribution is -2.52. The number of imide groups is 1. The first-order chi connectivity index (χ1) is 15.8. The topological polar surface area (TPSA) is 87.7 Å². The fraction of sp³-hybridized carbons (Fsp3) is 0.640. The zero-order chi connectivity index (χ0) is 23.2. The number of ether oxygens (including phenoxy) is 1. The fourth-order valence-corrected chi connectivity index (χ4v) is 5.88. The lowest BCUT2D eigenvalue weighted by molar-refractivity contribution is -0.136. The second-order valence-electron chi connectivity index (χ2n) is 10.4. The maximum Gasteiger partial charge on any atom is 0.255 e. The van der Waals surface area contributed by atoms with Crippen molar-refractivity contribution >= 4 is 17.7 Å². The maximum absolute atomic E-state index is 13.8. The van der Waals surface area contributed by atoms with E-state index in [-0.39, 0.29) is 30.4 Å². The van der Waals surface area contributed by atoms with E-state index >= 15 is 0 Å². The lowest BCUT2D eigenvalue weighted by Gasteiger charge is -2.41. The summed E-state index contributed by atoms with van der Waals surface area (Å²) in [7, 11) is 0. The summed E-state index contributed by atoms with van der Waals surface area (Å²) in [5, 5.41) is 5.96. The smallest absolute Gasteiger partial charge is 0.255 e. The number of hydrogen-bond donors (Lipinski definition) is 2. The highest BCUT2D eigenvalue weighted by molar-refractivity contribution is 6.05. The van der Waals surface area contributed by atoms with E-state index < -0.39 is 17.6 Å². The molecular weight excluding hydrogens is 425 g/mol. The third-order valence-corrected chi connectivity index (χ3v) is 7.58. The van der Waals surface area contributed by atoms with Crippen LogP contribution in [0.15, 0.2) is 18.2 Å². The van der Waals surface area contributed by atoms with Gasteiger partial charge in [-0.2, -0.15) is 0 Å². The molecule has 7 nitrogen and oxygen atoms in total. The molecule has 2 aliphatic heterocycles. The molecule has 1 unspecified atom stereocenters. The lowest BCUT2D eigenvalue weighted by atomic mass is 9.73. The number of carbonyl (C=O) groups is 3. The summed E-state index contributed by atoms with van der Waals surface area (Å²) in [5.41, 5.74) is 0.433. The van der Waals surface area contributed by atoms with Gasteiger partial charge in [-0.05, 0) is 81.7 Å². The van der Waals surface area contributed by atoms with Crippen molar-refractivity contribution in [1.82, 2.24) is 15.5 Å². The minimum Gasteiger partial charge on any atom is -0.489 e. The Kier molecular flexibility index (Phi) is 5.89. The molecule has 0 spiro atoms. The summed E-state index contributed by atoms with van der Waals surface area (Å²) in [4.78, 5) is 38.1. The molecule has 2 heterocycles. The van der Waals surface area contributed by atoms with Crippen LogP contribution in [0.2, 0.25) is 0 Å². The van der Waals surface area contributed by atoms with Crippen molar-refractivity contribution in [2.45, 2.75) is 88.7 Å². The van der Waals surface area contributed by atoms with Gasteiger partial charge in [-0.1, -0.05) is 6.42 Å². The minimum atomic E-state index is -1.00. The van der Waals surface area contributed by atoms with Crippen molar-refractivity contribution in [3.05, 3.63) is 29.3 Å². The summed E-state index contributed by atoms with van der Waals surface area (Å²) >= 11 is 0. The van der Waals surface area contributed by atoms with Crippen LogP contribution in [-0.2, 0) is 16.1 Å². The van der Waals surface area contributed by atoms with E-state index in [0.717, 1.165) is 43.5 Å². The fourth-order valence-electron chi connectivity index (χ4n) is 5.88. The number of benzene rings is 1. The van der Waals surface area contributed by atoms with E-state index in [1.54, 1.807) is 17.9 Å². The minimum absolute atomic E-state index is 0.0389. The number of halogens is 1. The van der Waals surface area contributed by atoms with Crippen LogP contribution in [0, 0.1) is 5.92 Å². The maximum atomic E-state index is 13.8. The summed E-state index contributed by atoms with van der Waals surface area (Å²) in [6.07, 6.45) is 6.15. The zero-order valence-electron chi connectivity index (χ0n) is 19.1. The molecule has 4 aliphatic rings. The Morgan fingerprint density at radius 3 is 2.73 bits per heavy atom. The third kappa shape index (κ3) is 4.63. The van der Waals surface area contributed by atoms with Gasteiger partial charge in [-0.3, -0.25) is 19.7 Å². The predicted molar refractivity (Wildman–Crippen MR) is 119 cm³/mol. The molecule has 1 aromatic rings. The van der Waals surface area contributed by atoms with E-state index in [0.29, 0.717) is 37.3 Å². The van der Waals surface area contributed by atoms with E-state index in [2.05, 4.69) is 10.6 Å². The highest BCUT2D eigenvalue weighted by atomic mass is 19.1. The van der Waals surface area contributed by atoms with Gasteiger partial charge in [0.15, 0.2) is 0 Å². The van der Waals surface area contributed by atoms with E-state index in [4.69, 9.17) is 4.74 Å². The zero-order valence-corrected chi connectivity index (χ0v) is 19.1. The number of nitrogens with one attached hydrogen (secondary N) is 2. The number of carbonyl (C=O) groups excluding carboxylic acids is 3. The number of hydrogen-bond acceptors (Lipinski definition) is 5. The van der Waals surface area contributed by atoms with Crippen LogP contribution in [0.1, 0.15) is 74.2 Å². The first-order valence-corrected chi connectivity index (χ1v) is 12.2. The number of amides is 3. The number of nitrogens with zero attached hydrogens (tertiary/aromatic N) is 1. The first kappa shape index (κ1) is 22.3. The predicted octanol–water partition coefficient (Wildman–Crippen LogP) is 2.87. The molecule has 0 bridgehead atoms. The van der Waals surface area contributed by atoms with Crippen LogP contribution >= 0.6 is 0 Å². The summed E-state index contributed by atoms with van der Waals surface area (Å²) in [5.74, 6) is 0.253. The molecule has 2 N–H and O–H groups in total. The highest BCUT2D eigenvalue weighted by Crippen LogP contribution is 2.40. The first-order valence-electron chi connectivity index (χ1n) is 12.2. The van der Waals surface area contributed by atoms with Gasteiger partial charge in [0.1, 0.15) is 23.6 Å². The van der Waals surface area contributed by atoms with Gasteiger partial charge in [0.2, 0.25) is 11.8 Å². The van der Waals surface area contributed by atoms with Gasteiger partial charge in [0, 0.05) is 24.6 Å². The van der Waals surface area contributed by atoms with Gasteiger partial charge in [0.25, 0.3) is 5.91 Å². The van der Waals surface area contributed by atoms with Gasteiger partial charge in [0.05, 0.1) is 0 Å². The molecule has 3 amide bonds. The van der Waals surface area contributed by atoms with Crippen molar-refractivity contribution in [2.24, 2.45) is 5.92 Å². The van der Waals surface area contributed by atoms with Gasteiger partial charge >= 0.3 is 0 Å². The van der Waals surface area contributed by atoms with Crippen LogP contribution in [0.3, 0.4) is 0 Å². The Balaban J connectivity index is 1.22. The summed E-state index contributed by atoms with van der Waals surface area (Å²) in [6.45, 7) is 2.84. The molecule has 1 saturated heterocycles. The van der Waals surface area contributed by atoms with E-state index in [1.807, 2.05) is 12.1 Å². The second kappa shape index (κ2) is 8.70. The number of fused-ring (bicyclic) bond motifs is 1. The third-order valence-electron chi connectivity index (χ3n) is 7.58. The quantitative estimate of drug-likeness (QED) is 0.642. The van der Waals surface area contributed by atoms with Gasteiger partial charge in [-0.15, -0.1) is 0 Å². The van der Waals surface area contributed by atoms with Crippen LogP contribution in [0.5, 0.6) is 5.75 Å². The molecule has 5 rings (SSSR count). The number of piperidine rings is 1. The molecule has 8 heteroatoms. The average molecular weight is 458 g/mol. The molecule has 3 atom stereocenters. The molecule has 0 aromatic heterocycles. The van der Waals surface area contributed by atoms with Gasteiger partial charge < -0.3 is 15.0 Å². The highest BCUT2D eigenvalue weighted by Gasteiger charge is 2.41. The van der Waals surface area contributed by atoms with Crippen molar-refractivity contribution in [1.29, 1.82) is 0 Å². The van der Waals surface area contributed by atoms with Crippen LogP contribution in [0.25, 0.3) is 0 Å². The Hall–Kier alpha value is -2.48. The second-order valence-corrected chi connectivity index (χ2v) is 10.4. The standard InChI is InChI=1S/C25H32FN3O4/c1-25(26)11-15(12-25)13-27-19-4-2-3-5-21(19)33-17-6-7-18-16(10-17)14-29(24(18)32)20-8-9-22(30)28-23(20)31/h6-7,10,15,19-21,27H,2-5,8-9,11-14H2,1H3,(H,28,30,31)/t15?,19-,20?,21+,25?/m0/s1. The normalized spacial score (nSPS) is 34.0. The largest absolute Gasteiger partial charge is 0.489 e. The molecule has 178 valence electrons. The van der Waals surface area contributed by atoms with Crippen LogP contribution in [0.4, 0.5) is 4.39 Å². The van der Waals surface area contributed by atoms with Crippen molar-refractivity contribution < 1.29 is 23.5 Å². The molecule has 1 aromatic carbocycles. The Morgan fingerprint density at radius 2 is 1.97 bits per heavy atom. The van der Waals surface area contributed by atoms with Crippen molar-refractivity contribution in [2.75, 3.05) is 6.54 Å². The Morgan fingerprint density at radius 1 is 1.18 bits per heavy atom. The molecular formula is C25H32FN3O4. The molecule has 33 heavy (non-hydrogen) atoms. The van der Waals surface area contributed by atoms with Gasteiger partial charge in [-0.25, -0.2) is 4.39 Å². The van der Waals surface area contributed by atoms with E-state index in [9.17, 15) is 18.8 Å².